The highest BCUT2D eigenvalue weighted by atomic mass is 16.5. The van der Waals surface area contributed by atoms with Gasteiger partial charge in [-0.05, 0) is 18.4 Å². The van der Waals surface area contributed by atoms with Gasteiger partial charge < -0.3 is 9.84 Å². The molecule has 0 aromatic carbocycles. The first-order valence-corrected chi connectivity index (χ1v) is 4.87. The molecule has 4 nitrogen and oxygen atoms in total. The molecule has 1 unspecified atom stereocenters. The monoisotopic (exact) mass is 209 g/mol. The number of aromatic carboxylic acids is 1. The number of hydrogen-bond acceptors (Lipinski definition) is 3. The van der Waals surface area contributed by atoms with E-state index < -0.39 is 5.97 Å². The Bertz CT molecular complexity index is 363. The van der Waals surface area contributed by atoms with Crippen LogP contribution in [-0.4, -0.2) is 23.2 Å². The molecule has 1 aromatic heterocycles. The molecular formula is C11H15NO3. The highest BCUT2D eigenvalue weighted by Crippen LogP contribution is 2.27. The topological polar surface area (TPSA) is 59.4 Å². The van der Waals surface area contributed by atoms with Crippen molar-refractivity contribution < 1.29 is 14.6 Å². The maximum absolute atomic E-state index is 10.8. The number of aromatic nitrogens is 1. The van der Waals surface area contributed by atoms with E-state index in [4.69, 9.17) is 9.84 Å². The van der Waals surface area contributed by atoms with E-state index >= 15 is 0 Å². The third-order valence-corrected chi connectivity index (χ3v) is 2.46. The summed E-state index contributed by atoms with van der Waals surface area (Å²) in [5, 5.41) is 8.85. The molecule has 0 amide bonds. The van der Waals surface area contributed by atoms with Crippen LogP contribution in [0.3, 0.4) is 0 Å². The fourth-order valence-corrected chi connectivity index (χ4v) is 1.33. The Morgan fingerprint density at radius 3 is 2.80 bits per heavy atom. The van der Waals surface area contributed by atoms with Gasteiger partial charge in [0.05, 0.1) is 12.7 Å². The van der Waals surface area contributed by atoms with E-state index in [1.165, 1.54) is 13.3 Å². The number of carboxylic acid groups (broad SMARTS) is 1. The molecule has 0 spiro atoms. The van der Waals surface area contributed by atoms with Crippen LogP contribution in [0.2, 0.25) is 0 Å². The number of carbonyl (C=O) groups is 1. The standard InChI is InChI=1S/C11H15NO3/c1-4-7(2)9-5-8(11(13)14)6-12-10(9)15-3/h5-7H,4H2,1-3H3,(H,13,14). The maximum Gasteiger partial charge on any atom is 0.337 e. The zero-order chi connectivity index (χ0) is 11.4. The van der Waals surface area contributed by atoms with E-state index in [2.05, 4.69) is 4.98 Å². The Hall–Kier alpha value is -1.58. The van der Waals surface area contributed by atoms with E-state index in [0.717, 1.165) is 12.0 Å². The van der Waals surface area contributed by atoms with E-state index in [0.29, 0.717) is 5.88 Å². The summed E-state index contributed by atoms with van der Waals surface area (Å²) in [5.41, 5.74) is 1.05. The van der Waals surface area contributed by atoms with Crippen LogP contribution in [0.5, 0.6) is 5.88 Å². The first kappa shape index (κ1) is 11.5. The molecule has 0 bridgehead atoms. The van der Waals surface area contributed by atoms with Crippen LogP contribution in [0.25, 0.3) is 0 Å². The third kappa shape index (κ3) is 2.46. The van der Waals surface area contributed by atoms with Crippen LogP contribution in [0.1, 0.15) is 42.1 Å². The average Bonchev–Trinajstić information content (AvgIpc) is 2.27. The first-order chi connectivity index (χ1) is 7.10. The minimum Gasteiger partial charge on any atom is -0.481 e. The van der Waals surface area contributed by atoms with Crippen LogP contribution >= 0.6 is 0 Å². The van der Waals surface area contributed by atoms with Gasteiger partial charge in [0, 0.05) is 11.8 Å². The lowest BCUT2D eigenvalue weighted by atomic mass is 9.98. The van der Waals surface area contributed by atoms with Crippen LogP contribution in [0.15, 0.2) is 12.3 Å². The maximum atomic E-state index is 10.8. The number of rotatable bonds is 4. The van der Waals surface area contributed by atoms with Crippen molar-refractivity contribution in [3.05, 3.63) is 23.4 Å². The predicted octanol–water partition coefficient (Wildman–Crippen LogP) is 2.30. The van der Waals surface area contributed by atoms with Gasteiger partial charge in [-0.25, -0.2) is 9.78 Å². The summed E-state index contributed by atoms with van der Waals surface area (Å²) in [6.45, 7) is 4.06. The number of hydrogen-bond donors (Lipinski definition) is 1. The van der Waals surface area contributed by atoms with Crippen LogP contribution in [0, 0.1) is 0 Å². The Morgan fingerprint density at radius 1 is 1.67 bits per heavy atom. The first-order valence-electron chi connectivity index (χ1n) is 4.87. The molecule has 1 rings (SSSR count). The van der Waals surface area contributed by atoms with Gasteiger partial charge in [-0.1, -0.05) is 13.8 Å². The molecule has 15 heavy (non-hydrogen) atoms. The minimum absolute atomic E-state index is 0.200. The fourth-order valence-electron chi connectivity index (χ4n) is 1.33. The van der Waals surface area contributed by atoms with Gasteiger partial charge in [0.1, 0.15) is 0 Å². The van der Waals surface area contributed by atoms with Crippen molar-refractivity contribution in [2.24, 2.45) is 0 Å². The van der Waals surface area contributed by atoms with Gasteiger partial charge in [0.15, 0.2) is 0 Å². The Kier molecular flexibility index (Phi) is 3.66. The van der Waals surface area contributed by atoms with Gasteiger partial charge in [0.25, 0.3) is 0 Å². The smallest absolute Gasteiger partial charge is 0.337 e. The normalized spacial score (nSPS) is 12.2. The average molecular weight is 209 g/mol. The van der Waals surface area contributed by atoms with Gasteiger partial charge in [-0.3, -0.25) is 0 Å². The van der Waals surface area contributed by atoms with Crippen molar-refractivity contribution in [1.29, 1.82) is 0 Å². The largest absolute Gasteiger partial charge is 0.481 e. The Labute approximate surface area is 88.9 Å². The number of carboxylic acids is 1. The van der Waals surface area contributed by atoms with Crippen molar-refractivity contribution in [2.75, 3.05) is 7.11 Å². The zero-order valence-electron chi connectivity index (χ0n) is 9.15. The molecule has 0 saturated carbocycles. The summed E-state index contributed by atoms with van der Waals surface area (Å²) in [6.07, 6.45) is 2.23. The molecule has 1 N–H and O–H groups in total. The number of pyridine rings is 1. The lowest BCUT2D eigenvalue weighted by Crippen LogP contribution is -2.04. The Morgan fingerprint density at radius 2 is 2.33 bits per heavy atom. The molecule has 0 saturated heterocycles. The summed E-state index contributed by atoms with van der Waals surface area (Å²) in [5.74, 6) is -0.212. The number of methoxy groups -OCH3 is 1. The Balaban J connectivity index is 3.18. The van der Waals surface area contributed by atoms with Gasteiger partial charge >= 0.3 is 5.97 Å². The summed E-state index contributed by atoms with van der Waals surface area (Å²) in [6, 6.07) is 1.63. The van der Waals surface area contributed by atoms with Gasteiger partial charge in [-0.2, -0.15) is 0 Å². The SMILES string of the molecule is CCC(C)c1cc(C(=O)O)cnc1OC. The van der Waals surface area contributed by atoms with E-state index in [9.17, 15) is 4.79 Å². The predicted molar refractivity (Wildman–Crippen MR) is 56.5 cm³/mol. The molecule has 0 aliphatic heterocycles. The zero-order valence-corrected chi connectivity index (χ0v) is 9.15. The molecule has 0 aliphatic rings. The van der Waals surface area contributed by atoms with Crippen molar-refractivity contribution in [3.63, 3.8) is 0 Å². The van der Waals surface area contributed by atoms with E-state index in [-0.39, 0.29) is 11.5 Å². The summed E-state index contributed by atoms with van der Waals surface area (Å²) in [7, 11) is 1.54. The van der Waals surface area contributed by atoms with Crippen molar-refractivity contribution in [2.45, 2.75) is 26.2 Å². The second-order valence-electron chi connectivity index (χ2n) is 3.44. The fraction of sp³-hybridized carbons (Fsp3) is 0.455. The molecule has 1 aromatic rings. The number of nitrogens with zero attached hydrogens (tertiary/aromatic N) is 1. The van der Waals surface area contributed by atoms with E-state index in [1.54, 1.807) is 6.07 Å². The summed E-state index contributed by atoms with van der Waals surface area (Å²) >= 11 is 0. The van der Waals surface area contributed by atoms with Crippen molar-refractivity contribution >= 4 is 5.97 Å². The third-order valence-electron chi connectivity index (χ3n) is 2.46. The van der Waals surface area contributed by atoms with Gasteiger partial charge in [-0.15, -0.1) is 0 Å². The second kappa shape index (κ2) is 4.77. The second-order valence-corrected chi connectivity index (χ2v) is 3.44. The van der Waals surface area contributed by atoms with Crippen molar-refractivity contribution in [1.82, 2.24) is 4.98 Å². The molecule has 0 aliphatic carbocycles. The molecule has 4 heteroatoms. The molecule has 82 valence electrons. The molecule has 1 atom stereocenters. The van der Waals surface area contributed by atoms with Crippen LogP contribution in [-0.2, 0) is 0 Å². The lowest BCUT2D eigenvalue weighted by Gasteiger charge is -2.13. The lowest BCUT2D eigenvalue weighted by molar-refractivity contribution is 0.0696. The highest BCUT2D eigenvalue weighted by Gasteiger charge is 2.14. The van der Waals surface area contributed by atoms with Crippen molar-refractivity contribution in [3.8, 4) is 5.88 Å². The molecule has 1 heterocycles. The number of ether oxygens (including phenoxy) is 1. The van der Waals surface area contributed by atoms with Crippen LogP contribution < -0.4 is 4.74 Å². The van der Waals surface area contributed by atoms with E-state index in [1.807, 2.05) is 13.8 Å². The quantitative estimate of drug-likeness (QED) is 0.826. The molecule has 0 fully saturated rings. The highest BCUT2D eigenvalue weighted by molar-refractivity contribution is 5.87. The summed E-state index contributed by atoms with van der Waals surface area (Å²) < 4.78 is 5.10. The summed E-state index contributed by atoms with van der Waals surface area (Å²) in [4.78, 5) is 14.8. The van der Waals surface area contributed by atoms with Crippen LogP contribution in [0.4, 0.5) is 0 Å². The molecule has 0 radical (unpaired) electrons. The minimum atomic E-state index is -0.963. The van der Waals surface area contributed by atoms with Gasteiger partial charge in [0.2, 0.25) is 5.88 Å². The molecular weight excluding hydrogens is 194 g/mol.